The molecule has 0 aliphatic rings. The van der Waals surface area contributed by atoms with Crippen molar-refractivity contribution < 1.29 is 14.7 Å². The number of carboxylic acid groups (broad SMARTS) is 1. The van der Waals surface area contributed by atoms with Gasteiger partial charge in [0.05, 0.1) is 17.3 Å². The van der Waals surface area contributed by atoms with Gasteiger partial charge in [-0.15, -0.1) is 0 Å². The number of anilines is 1. The highest BCUT2D eigenvalue weighted by molar-refractivity contribution is 6.01. The summed E-state index contributed by atoms with van der Waals surface area (Å²) in [4.78, 5) is 31.6. The molecule has 3 N–H and O–H groups in total. The van der Waals surface area contributed by atoms with E-state index >= 15 is 0 Å². The number of urea groups is 1. The number of nitrogens with zero attached hydrogens (tertiary/aromatic N) is 2. The number of imidazole rings is 1. The molecule has 0 saturated heterocycles. The Bertz CT molecular complexity index is 639. The lowest BCUT2D eigenvalue weighted by Gasteiger charge is -2.22. The van der Waals surface area contributed by atoms with Crippen LogP contribution in [-0.2, 0) is 0 Å². The summed E-state index contributed by atoms with van der Waals surface area (Å²) in [5.74, 6) is -0.451. The van der Waals surface area contributed by atoms with Crippen molar-refractivity contribution in [3.63, 3.8) is 0 Å². The summed E-state index contributed by atoms with van der Waals surface area (Å²) in [6.45, 7) is 1.79. The fourth-order valence-electron chi connectivity index (χ4n) is 1.92. The molecule has 0 aliphatic carbocycles. The number of aromatic carboxylic acids is 1. The molecule has 0 aliphatic heterocycles. The molecule has 1 aromatic carbocycles. The molecule has 2 rings (SSSR count). The smallest absolute Gasteiger partial charge is 0.337 e. The van der Waals surface area contributed by atoms with Crippen molar-refractivity contribution in [1.29, 1.82) is 0 Å². The molecule has 1 atom stereocenters. The Hall–Kier alpha value is -2.83. The molecule has 0 spiro atoms. The van der Waals surface area contributed by atoms with Crippen LogP contribution in [0.25, 0.3) is 0 Å². The highest BCUT2D eigenvalue weighted by atomic mass is 16.4. The lowest BCUT2D eigenvalue weighted by molar-refractivity contribution is 0.0697. The summed E-state index contributed by atoms with van der Waals surface area (Å²) in [6.07, 6.45) is 3.27. The molecule has 2 aromatic rings. The van der Waals surface area contributed by atoms with Gasteiger partial charge in [0.2, 0.25) is 0 Å². The third-order valence-electron chi connectivity index (χ3n) is 3.07. The fourth-order valence-corrected chi connectivity index (χ4v) is 1.92. The van der Waals surface area contributed by atoms with Gasteiger partial charge in [0.15, 0.2) is 0 Å². The van der Waals surface area contributed by atoms with Crippen LogP contribution in [-0.4, -0.2) is 34.1 Å². The second-order valence-electron chi connectivity index (χ2n) is 4.53. The molecule has 0 fully saturated rings. The number of aromatic amines is 1. The maximum atomic E-state index is 12.2. The molecular weight excluding hydrogens is 272 g/mol. The van der Waals surface area contributed by atoms with Crippen LogP contribution in [0, 0.1) is 0 Å². The van der Waals surface area contributed by atoms with Gasteiger partial charge in [-0.05, 0) is 19.1 Å². The monoisotopic (exact) mass is 288 g/mol. The zero-order valence-electron chi connectivity index (χ0n) is 11.7. The molecule has 1 aromatic heterocycles. The average Bonchev–Trinajstić information content (AvgIpc) is 3.00. The van der Waals surface area contributed by atoms with Crippen LogP contribution >= 0.6 is 0 Å². The first-order chi connectivity index (χ1) is 10.0. The second-order valence-corrected chi connectivity index (χ2v) is 4.53. The number of hydrogen-bond acceptors (Lipinski definition) is 3. The summed E-state index contributed by atoms with van der Waals surface area (Å²) in [7, 11) is 1.52. The fraction of sp³-hybridized carbons (Fsp3) is 0.214. The van der Waals surface area contributed by atoms with Gasteiger partial charge in [-0.3, -0.25) is 4.90 Å². The number of carbonyl (C=O) groups excluding carboxylic acids is 1. The molecule has 0 saturated carbocycles. The number of carboxylic acids is 1. The van der Waals surface area contributed by atoms with Gasteiger partial charge >= 0.3 is 12.0 Å². The van der Waals surface area contributed by atoms with Gasteiger partial charge in [0.1, 0.15) is 5.82 Å². The lowest BCUT2D eigenvalue weighted by atomic mass is 10.1. The minimum atomic E-state index is -1.08. The number of carbonyl (C=O) groups is 2. The van der Waals surface area contributed by atoms with Crippen molar-refractivity contribution in [2.45, 2.75) is 13.0 Å². The summed E-state index contributed by atoms with van der Waals surface area (Å²) < 4.78 is 0. The quantitative estimate of drug-likeness (QED) is 0.801. The van der Waals surface area contributed by atoms with Crippen molar-refractivity contribution in [1.82, 2.24) is 15.3 Å². The highest BCUT2D eigenvalue weighted by Crippen LogP contribution is 2.19. The number of rotatable bonds is 4. The number of hydrogen-bond donors (Lipinski definition) is 3. The summed E-state index contributed by atoms with van der Waals surface area (Å²) in [5, 5.41) is 11.9. The van der Waals surface area contributed by atoms with E-state index < -0.39 is 12.0 Å². The third-order valence-corrected chi connectivity index (χ3v) is 3.07. The first kappa shape index (κ1) is 14.6. The SMILES string of the molecule is CC(NC(=O)N(C)c1ccccc1C(=O)O)c1ncc[nH]1. The first-order valence-electron chi connectivity index (χ1n) is 6.36. The number of benzene rings is 1. The second kappa shape index (κ2) is 6.08. The Morgan fingerprint density at radius 2 is 2.10 bits per heavy atom. The highest BCUT2D eigenvalue weighted by Gasteiger charge is 2.20. The van der Waals surface area contributed by atoms with Crippen LogP contribution in [0.1, 0.15) is 29.1 Å². The topological polar surface area (TPSA) is 98.3 Å². The maximum absolute atomic E-state index is 12.2. The molecule has 0 radical (unpaired) electrons. The predicted molar refractivity (Wildman–Crippen MR) is 77.3 cm³/mol. The van der Waals surface area contributed by atoms with Gasteiger partial charge in [-0.25, -0.2) is 14.6 Å². The van der Waals surface area contributed by atoms with Crippen LogP contribution in [0.2, 0.25) is 0 Å². The van der Waals surface area contributed by atoms with E-state index in [0.717, 1.165) is 0 Å². The van der Waals surface area contributed by atoms with Crippen LogP contribution in [0.5, 0.6) is 0 Å². The van der Waals surface area contributed by atoms with Crippen molar-refractivity contribution >= 4 is 17.7 Å². The lowest BCUT2D eigenvalue weighted by Crippen LogP contribution is -2.39. The zero-order valence-corrected chi connectivity index (χ0v) is 11.7. The van der Waals surface area contributed by atoms with E-state index in [-0.39, 0.29) is 11.6 Å². The Balaban J connectivity index is 2.14. The van der Waals surface area contributed by atoms with Crippen LogP contribution in [0.4, 0.5) is 10.5 Å². The third kappa shape index (κ3) is 3.19. The summed E-state index contributed by atoms with van der Waals surface area (Å²) in [6, 6.07) is 5.61. The molecule has 7 heteroatoms. The van der Waals surface area contributed by atoms with Gasteiger partial charge in [-0.2, -0.15) is 0 Å². The number of H-pyrrole nitrogens is 1. The summed E-state index contributed by atoms with van der Waals surface area (Å²) >= 11 is 0. The Morgan fingerprint density at radius 3 is 2.71 bits per heavy atom. The van der Waals surface area contributed by atoms with Gasteiger partial charge in [-0.1, -0.05) is 12.1 Å². The van der Waals surface area contributed by atoms with E-state index in [9.17, 15) is 9.59 Å². The van der Waals surface area contributed by atoms with Crippen LogP contribution in [0.3, 0.4) is 0 Å². The predicted octanol–water partition coefficient (Wildman–Crippen LogP) is 2.01. The van der Waals surface area contributed by atoms with E-state index in [0.29, 0.717) is 11.5 Å². The molecule has 1 unspecified atom stereocenters. The number of aromatic nitrogens is 2. The molecule has 1 heterocycles. The largest absolute Gasteiger partial charge is 0.478 e. The van der Waals surface area contributed by atoms with E-state index in [1.165, 1.54) is 18.0 Å². The molecule has 0 bridgehead atoms. The van der Waals surface area contributed by atoms with Crippen molar-refractivity contribution in [3.05, 3.63) is 48.0 Å². The minimum absolute atomic E-state index is 0.0702. The van der Waals surface area contributed by atoms with Crippen LogP contribution in [0.15, 0.2) is 36.7 Å². The van der Waals surface area contributed by atoms with Gasteiger partial charge in [0.25, 0.3) is 0 Å². The summed E-state index contributed by atoms with van der Waals surface area (Å²) in [5.41, 5.74) is 0.398. The number of nitrogens with one attached hydrogen (secondary N) is 2. The molecule has 21 heavy (non-hydrogen) atoms. The Labute approximate surface area is 121 Å². The van der Waals surface area contributed by atoms with E-state index in [1.54, 1.807) is 37.5 Å². The molecular formula is C14H16N4O3. The maximum Gasteiger partial charge on any atom is 0.337 e. The number of para-hydroxylation sites is 1. The number of amides is 2. The standard InChI is InChI=1S/C14H16N4O3/c1-9(12-15-7-8-16-12)17-14(21)18(2)11-6-4-3-5-10(11)13(19)20/h3-9H,1-2H3,(H,15,16)(H,17,21)(H,19,20). The first-order valence-corrected chi connectivity index (χ1v) is 6.36. The Morgan fingerprint density at radius 1 is 1.38 bits per heavy atom. The zero-order chi connectivity index (χ0) is 15.4. The van der Waals surface area contributed by atoms with Gasteiger partial charge in [0, 0.05) is 19.4 Å². The van der Waals surface area contributed by atoms with Crippen molar-refractivity contribution in [3.8, 4) is 0 Å². The molecule has 2 amide bonds. The molecule has 7 nitrogen and oxygen atoms in total. The minimum Gasteiger partial charge on any atom is -0.478 e. The molecule has 110 valence electrons. The Kier molecular flexibility index (Phi) is 4.22. The van der Waals surface area contributed by atoms with Crippen LogP contribution < -0.4 is 10.2 Å². The van der Waals surface area contributed by atoms with Crippen molar-refractivity contribution in [2.24, 2.45) is 0 Å². The van der Waals surface area contributed by atoms with E-state index in [1.807, 2.05) is 0 Å². The van der Waals surface area contributed by atoms with E-state index in [4.69, 9.17) is 5.11 Å². The van der Waals surface area contributed by atoms with E-state index in [2.05, 4.69) is 15.3 Å². The average molecular weight is 288 g/mol. The van der Waals surface area contributed by atoms with Gasteiger partial charge < -0.3 is 15.4 Å². The normalized spacial score (nSPS) is 11.7. The van der Waals surface area contributed by atoms with Crippen molar-refractivity contribution in [2.75, 3.05) is 11.9 Å².